The molecule has 0 spiro atoms. The summed E-state index contributed by atoms with van der Waals surface area (Å²) >= 11 is 0. The molecule has 0 fully saturated rings. The predicted octanol–water partition coefficient (Wildman–Crippen LogP) is 3.83. The predicted molar refractivity (Wildman–Crippen MR) is 79.3 cm³/mol. The van der Waals surface area contributed by atoms with Gasteiger partial charge in [-0.15, -0.1) is 0 Å². The van der Waals surface area contributed by atoms with Crippen LogP contribution in [0.4, 0.5) is 4.39 Å². The third-order valence-electron chi connectivity index (χ3n) is 3.30. The fraction of sp³-hybridized carbons (Fsp3) is 0.118. The summed E-state index contributed by atoms with van der Waals surface area (Å²) in [4.78, 5) is 11.5. The van der Waals surface area contributed by atoms with Gasteiger partial charge in [-0.1, -0.05) is 30.3 Å². The van der Waals surface area contributed by atoms with E-state index in [0.717, 1.165) is 10.9 Å². The molecular weight excluding hydrogens is 269 g/mol. The minimum atomic E-state index is -1.01. The summed E-state index contributed by atoms with van der Waals surface area (Å²) in [5, 5.41) is 0.879. The van der Waals surface area contributed by atoms with Gasteiger partial charge in [-0.05, 0) is 23.8 Å². The van der Waals surface area contributed by atoms with Crippen LogP contribution < -0.4 is 4.74 Å². The normalized spacial score (nSPS) is 10.7. The van der Waals surface area contributed by atoms with E-state index < -0.39 is 12.6 Å². The fourth-order valence-corrected chi connectivity index (χ4v) is 2.22. The molecule has 0 amide bonds. The van der Waals surface area contributed by atoms with Crippen LogP contribution in [0.5, 0.6) is 5.75 Å². The number of rotatable bonds is 4. The van der Waals surface area contributed by atoms with Crippen molar-refractivity contribution in [2.24, 2.45) is 0 Å². The van der Waals surface area contributed by atoms with Crippen molar-refractivity contribution >= 4 is 16.8 Å². The molecule has 0 saturated carbocycles. The van der Waals surface area contributed by atoms with Crippen molar-refractivity contribution < 1.29 is 13.9 Å². The summed E-state index contributed by atoms with van der Waals surface area (Å²) in [6.45, 7) is -0.566. The van der Waals surface area contributed by atoms with Crippen molar-refractivity contribution in [1.82, 2.24) is 4.57 Å². The van der Waals surface area contributed by atoms with Crippen LogP contribution in [-0.2, 0) is 6.61 Å². The molecular formula is C17H14FNO2. The zero-order valence-electron chi connectivity index (χ0n) is 11.3. The number of benzene rings is 2. The van der Waals surface area contributed by atoms with E-state index in [1.807, 2.05) is 42.5 Å². The Balaban J connectivity index is 1.84. The zero-order chi connectivity index (χ0) is 14.7. The first-order valence-corrected chi connectivity index (χ1v) is 6.65. The summed E-state index contributed by atoms with van der Waals surface area (Å²) in [6.07, 6.45) is 1.58. The highest BCUT2D eigenvalue weighted by Crippen LogP contribution is 2.23. The monoisotopic (exact) mass is 283 g/mol. The Hall–Kier alpha value is -2.62. The number of alkyl halides is 1. The van der Waals surface area contributed by atoms with Crippen LogP contribution in [0.25, 0.3) is 10.9 Å². The number of aromatic nitrogens is 1. The first-order valence-electron chi connectivity index (χ1n) is 6.65. The van der Waals surface area contributed by atoms with Crippen molar-refractivity contribution in [3.63, 3.8) is 0 Å². The lowest BCUT2D eigenvalue weighted by Gasteiger charge is -2.07. The highest BCUT2D eigenvalue weighted by Gasteiger charge is 2.09. The van der Waals surface area contributed by atoms with E-state index in [1.54, 1.807) is 18.3 Å². The van der Waals surface area contributed by atoms with Gasteiger partial charge in [0.05, 0.1) is 5.52 Å². The molecule has 0 atom stereocenters. The van der Waals surface area contributed by atoms with Gasteiger partial charge in [-0.2, -0.15) is 0 Å². The Kier molecular flexibility index (Phi) is 3.69. The van der Waals surface area contributed by atoms with Gasteiger partial charge in [0.25, 0.3) is 5.91 Å². The second-order valence-electron chi connectivity index (χ2n) is 4.71. The molecule has 1 aromatic heterocycles. The number of hydrogen-bond donors (Lipinski definition) is 0. The topological polar surface area (TPSA) is 31.2 Å². The van der Waals surface area contributed by atoms with Gasteiger partial charge in [0, 0.05) is 17.6 Å². The van der Waals surface area contributed by atoms with Crippen molar-refractivity contribution in [3.8, 4) is 5.75 Å². The van der Waals surface area contributed by atoms with E-state index in [2.05, 4.69) is 0 Å². The maximum atomic E-state index is 12.5. The number of fused-ring (bicyclic) bond motifs is 1. The fourth-order valence-electron chi connectivity index (χ4n) is 2.22. The van der Waals surface area contributed by atoms with Crippen LogP contribution >= 0.6 is 0 Å². The molecule has 0 saturated heterocycles. The minimum absolute atomic E-state index is 0.449. The number of ether oxygens (including phenoxy) is 1. The lowest BCUT2D eigenvalue weighted by Crippen LogP contribution is -2.10. The Morgan fingerprint density at radius 3 is 2.67 bits per heavy atom. The molecule has 106 valence electrons. The van der Waals surface area contributed by atoms with Crippen LogP contribution in [0.2, 0.25) is 0 Å². The van der Waals surface area contributed by atoms with Crippen molar-refractivity contribution in [3.05, 3.63) is 66.4 Å². The average molecular weight is 283 g/mol. The molecule has 0 radical (unpaired) electrons. The molecule has 1 heterocycles. The molecule has 3 rings (SSSR count). The van der Waals surface area contributed by atoms with Gasteiger partial charge in [0.1, 0.15) is 12.4 Å². The van der Waals surface area contributed by atoms with E-state index in [1.165, 1.54) is 4.57 Å². The molecule has 0 bridgehead atoms. The lowest BCUT2D eigenvalue weighted by atomic mass is 10.2. The number of hydrogen-bond acceptors (Lipinski definition) is 2. The van der Waals surface area contributed by atoms with E-state index in [4.69, 9.17) is 4.74 Å². The number of nitrogens with zero attached hydrogens (tertiary/aromatic N) is 1. The van der Waals surface area contributed by atoms with Gasteiger partial charge >= 0.3 is 0 Å². The quantitative estimate of drug-likeness (QED) is 0.728. The standard InChI is InChI=1S/C17H14FNO2/c18-11-17(20)19-9-8-14-6-7-15(10-16(14)19)21-12-13-4-2-1-3-5-13/h1-10H,11-12H2. The maximum absolute atomic E-state index is 12.5. The van der Waals surface area contributed by atoms with E-state index in [-0.39, 0.29) is 0 Å². The van der Waals surface area contributed by atoms with Crippen LogP contribution in [0.3, 0.4) is 0 Å². The second-order valence-corrected chi connectivity index (χ2v) is 4.71. The van der Waals surface area contributed by atoms with Crippen molar-refractivity contribution in [1.29, 1.82) is 0 Å². The third-order valence-corrected chi connectivity index (χ3v) is 3.30. The highest BCUT2D eigenvalue weighted by atomic mass is 19.1. The molecule has 0 aliphatic heterocycles. The Bertz CT molecular complexity index is 765. The number of carbonyl (C=O) groups is 1. The summed E-state index contributed by atoms with van der Waals surface area (Å²) in [7, 11) is 0. The molecule has 0 aliphatic rings. The van der Waals surface area contributed by atoms with Crippen LogP contribution in [-0.4, -0.2) is 17.1 Å². The number of carbonyl (C=O) groups excluding carboxylic acids is 1. The molecule has 0 unspecified atom stereocenters. The Morgan fingerprint density at radius 2 is 1.90 bits per heavy atom. The van der Waals surface area contributed by atoms with E-state index >= 15 is 0 Å². The van der Waals surface area contributed by atoms with Crippen LogP contribution in [0.1, 0.15) is 10.4 Å². The molecule has 4 heteroatoms. The first kappa shape index (κ1) is 13.4. The summed E-state index contributed by atoms with van der Waals surface area (Å²) in [6, 6.07) is 17.1. The Labute approximate surface area is 121 Å². The van der Waals surface area contributed by atoms with Gasteiger partial charge < -0.3 is 4.74 Å². The van der Waals surface area contributed by atoms with Gasteiger partial charge in [0.15, 0.2) is 6.67 Å². The lowest BCUT2D eigenvalue weighted by molar-refractivity contribution is 0.0882. The largest absolute Gasteiger partial charge is 0.489 e. The maximum Gasteiger partial charge on any atom is 0.262 e. The van der Waals surface area contributed by atoms with Crippen molar-refractivity contribution in [2.75, 3.05) is 6.67 Å². The third kappa shape index (κ3) is 2.79. The summed E-state index contributed by atoms with van der Waals surface area (Å²) in [5.74, 6) is 0.0724. The van der Waals surface area contributed by atoms with E-state index in [9.17, 15) is 9.18 Å². The second kappa shape index (κ2) is 5.79. The van der Waals surface area contributed by atoms with Gasteiger partial charge in [-0.3, -0.25) is 9.36 Å². The molecule has 3 aromatic rings. The molecule has 21 heavy (non-hydrogen) atoms. The molecule has 3 nitrogen and oxygen atoms in total. The first-order chi connectivity index (χ1) is 10.3. The molecule has 0 aliphatic carbocycles. The van der Waals surface area contributed by atoms with Crippen molar-refractivity contribution in [2.45, 2.75) is 6.61 Å². The van der Waals surface area contributed by atoms with E-state index in [0.29, 0.717) is 17.9 Å². The van der Waals surface area contributed by atoms with Crippen LogP contribution in [0, 0.1) is 0 Å². The Morgan fingerprint density at radius 1 is 1.10 bits per heavy atom. The molecule has 0 N–H and O–H groups in total. The van der Waals surface area contributed by atoms with Gasteiger partial charge in [0.2, 0.25) is 0 Å². The summed E-state index contributed by atoms with van der Waals surface area (Å²) < 4.78 is 19.6. The average Bonchev–Trinajstić information content (AvgIpc) is 2.96. The zero-order valence-corrected chi connectivity index (χ0v) is 11.3. The minimum Gasteiger partial charge on any atom is -0.489 e. The highest BCUT2D eigenvalue weighted by molar-refractivity contribution is 5.93. The summed E-state index contributed by atoms with van der Waals surface area (Å²) in [5.41, 5.74) is 1.72. The SMILES string of the molecule is O=C(CF)n1ccc2ccc(OCc3ccccc3)cc21. The molecule has 2 aromatic carbocycles. The number of halogens is 1. The van der Waals surface area contributed by atoms with Gasteiger partial charge in [-0.25, -0.2) is 4.39 Å². The van der Waals surface area contributed by atoms with Crippen LogP contribution in [0.15, 0.2) is 60.8 Å². The smallest absolute Gasteiger partial charge is 0.262 e.